The van der Waals surface area contributed by atoms with Gasteiger partial charge in [-0.25, -0.2) is 0 Å². The van der Waals surface area contributed by atoms with Crippen molar-refractivity contribution in [1.29, 1.82) is 0 Å². The van der Waals surface area contributed by atoms with Gasteiger partial charge in [0, 0.05) is 21.9 Å². The fourth-order valence-corrected chi connectivity index (χ4v) is 2.09. The normalized spacial score (nSPS) is 12.5. The van der Waals surface area contributed by atoms with Crippen LogP contribution in [-0.2, 0) is 0 Å². The molecule has 0 saturated heterocycles. The molecule has 0 spiro atoms. The van der Waals surface area contributed by atoms with Gasteiger partial charge in [-0.05, 0) is 18.6 Å². The lowest BCUT2D eigenvalue weighted by atomic mass is 10.3. The molecule has 2 nitrogen and oxygen atoms in total. The van der Waals surface area contributed by atoms with Crippen LogP contribution in [0.1, 0.15) is 20.3 Å². The molecule has 1 aromatic rings. The van der Waals surface area contributed by atoms with Gasteiger partial charge in [-0.15, -0.1) is 11.8 Å². The van der Waals surface area contributed by atoms with Gasteiger partial charge >= 0.3 is 0 Å². The highest BCUT2D eigenvalue weighted by Crippen LogP contribution is 2.34. The molecule has 1 aromatic carbocycles. The van der Waals surface area contributed by atoms with Crippen LogP contribution >= 0.6 is 11.8 Å². The first-order chi connectivity index (χ1) is 6.67. The van der Waals surface area contributed by atoms with Crippen molar-refractivity contribution in [3.05, 3.63) is 18.2 Å². The summed E-state index contributed by atoms with van der Waals surface area (Å²) >= 11 is 1.82. The van der Waals surface area contributed by atoms with Crippen molar-refractivity contribution in [3.63, 3.8) is 0 Å². The number of nitrogens with two attached hydrogens (primary N) is 1. The molecule has 0 bridgehead atoms. The molecule has 1 atom stereocenters. The van der Waals surface area contributed by atoms with Crippen LogP contribution in [-0.4, -0.2) is 12.4 Å². The van der Waals surface area contributed by atoms with Crippen molar-refractivity contribution in [2.45, 2.75) is 30.4 Å². The first-order valence-corrected chi connectivity index (χ1v) is 5.65. The lowest BCUT2D eigenvalue weighted by molar-refractivity contribution is 0.405. The van der Waals surface area contributed by atoms with E-state index in [1.54, 1.807) is 7.11 Å². The molecular weight excluding hydrogens is 194 g/mol. The monoisotopic (exact) mass is 211 g/mol. The maximum absolute atomic E-state index is 5.68. The zero-order chi connectivity index (χ0) is 10.6. The summed E-state index contributed by atoms with van der Waals surface area (Å²) in [5.41, 5.74) is 6.42. The summed E-state index contributed by atoms with van der Waals surface area (Å²) in [6.45, 7) is 4.39. The van der Waals surface area contributed by atoms with Gasteiger partial charge in [0.25, 0.3) is 0 Å². The van der Waals surface area contributed by atoms with Gasteiger partial charge in [-0.2, -0.15) is 0 Å². The van der Waals surface area contributed by atoms with Gasteiger partial charge in [0.05, 0.1) is 7.11 Å². The Morgan fingerprint density at radius 1 is 1.50 bits per heavy atom. The highest BCUT2D eigenvalue weighted by atomic mass is 32.2. The van der Waals surface area contributed by atoms with Crippen LogP contribution in [0.4, 0.5) is 5.69 Å². The van der Waals surface area contributed by atoms with E-state index < -0.39 is 0 Å². The van der Waals surface area contributed by atoms with Crippen molar-refractivity contribution < 1.29 is 4.74 Å². The minimum atomic E-state index is 0.604. The van der Waals surface area contributed by atoms with E-state index in [9.17, 15) is 0 Å². The first-order valence-electron chi connectivity index (χ1n) is 4.77. The maximum Gasteiger partial charge on any atom is 0.134 e. The highest BCUT2D eigenvalue weighted by Gasteiger charge is 2.07. The van der Waals surface area contributed by atoms with Gasteiger partial charge in [-0.3, -0.25) is 0 Å². The molecule has 0 aliphatic carbocycles. The van der Waals surface area contributed by atoms with Gasteiger partial charge < -0.3 is 10.5 Å². The molecule has 0 saturated carbocycles. The maximum atomic E-state index is 5.68. The number of hydrogen-bond acceptors (Lipinski definition) is 3. The van der Waals surface area contributed by atoms with Gasteiger partial charge in [0.2, 0.25) is 0 Å². The molecule has 14 heavy (non-hydrogen) atoms. The summed E-state index contributed by atoms with van der Waals surface area (Å²) < 4.78 is 5.27. The Balaban J connectivity index is 2.85. The molecule has 1 rings (SSSR count). The van der Waals surface area contributed by atoms with Gasteiger partial charge in [0.1, 0.15) is 5.75 Å². The fourth-order valence-electron chi connectivity index (χ4n) is 1.08. The number of anilines is 1. The zero-order valence-electron chi connectivity index (χ0n) is 8.91. The van der Waals surface area contributed by atoms with E-state index in [0.29, 0.717) is 5.25 Å². The Bertz CT molecular complexity index is 301. The van der Waals surface area contributed by atoms with Gasteiger partial charge in [0.15, 0.2) is 0 Å². The molecule has 0 aliphatic rings. The van der Waals surface area contributed by atoms with E-state index in [-0.39, 0.29) is 0 Å². The standard InChI is InChI=1S/C11H17NOS/c1-4-8(2)14-11-6-5-9(12)7-10(11)13-3/h5-8H,4,12H2,1-3H3. The second kappa shape index (κ2) is 5.15. The van der Waals surface area contributed by atoms with Crippen molar-refractivity contribution in [2.24, 2.45) is 0 Å². The Kier molecular flexibility index (Phi) is 4.14. The highest BCUT2D eigenvalue weighted by molar-refractivity contribution is 8.00. The molecule has 0 aliphatic heterocycles. The Morgan fingerprint density at radius 2 is 2.21 bits per heavy atom. The van der Waals surface area contributed by atoms with Crippen LogP contribution in [0.25, 0.3) is 0 Å². The van der Waals surface area contributed by atoms with Crippen LogP contribution in [0.5, 0.6) is 5.75 Å². The predicted octanol–water partition coefficient (Wildman–Crippen LogP) is 3.17. The van der Waals surface area contributed by atoms with E-state index in [0.717, 1.165) is 22.8 Å². The Hall–Kier alpha value is -0.830. The summed E-state index contributed by atoms with van der Waals surface area (Å²) in [6, 6.07) is 5.79. The largest absolute Gasteiger partial charge is 0.496 e. The molecule has 1 unspecified atom stereocenters. The van der Waals surface area contributed by atoms with Crippen LogP contribution in [0.3, 0.4) is 0 Å². The fraction of sp³-hybridized carbons (Fsp3) is 0.455. The average Bonchev–Trinajstić information content (AvgIpc) is 2.20. The molecule has 3 heteroatoms. The molecule has 78 valence electrons. The number of ether oxygens (including phenoxy) is 1. The van der Waals surface area contributed by atoms with E-state index in [1.165, 1.54) is 0 Å². The predicted molar refractivity (Wildman–Crippen MR) is 63.0 cm³/mol. The summed E-state index contributed by atoms with van der Waals surface area (Å²) in [7, 11) is 1.68. The molecule has 0 fully saturated rings. The number of nitrogen functional groups attached to an aromatic ring is 1. The van der Waals surface area contributed by atoms with Crippen molar-refractivity contribution in [3.8, 4) is 5.75 Å². The smallest absolute Gasteiger partial charge is 0.134 e. The lowest BCUT2D eigenvalue weighted by Crippen LogP contribution is -1.95. The van der Waals surface area contributed by atoms with Crippen molar-refractivity contribution >= 4 is 17.4 Å². The second-order valence-electron chi connectivity index (χ2n) is 3.25. The van der Waals surface area contributed by atoms with Crippen LogP contribution in [0, 0.1) is 0 Å². The molecule has 2 N–H and O–H groups in total. The third-order valence-electron chi connectivity index (χ3n) is 2.09. The number of hydrogen-bond donors (Lipinski definition) is 1. The van der Waals surface area contributed by atoms with E-state index in [2.05, 4.69) is 13.8 Å². The summed E-state index contributed by atoms with van der Waals surface area (Å²) in [5, 5.41) is 0.604. The topological polar surface area (TPSA) is 35.2 Å². The van der Waals surface area contributed by atoms with Crippen molar-refractivity contribution in [2.75, 3.05) is 12.8 Å². The lowest BCUT2D eigenvalue weighted by Gasteiger charge is -2.12. The SMILES string of the molecule is CCC(C)Sc1ccc(N)cc1OC. The molecule has 0 aromatic heterocycles. The summed E-state index contributed by atoms with van der Waals surface area (Å²) in [5.74, 6) is 0.871. The van der Waals surface area contributed by atoms with Crippen molar-refractivity contribution in [1.82, 2.24) is 0 Å². The minimum Gasteiger partial charge on any atom is -0.496 e. The van der Waals surface area contributed by atoms with Gasteiger partial charge in [-0.1, -0.05) is 13.8 Å². The molecule has 0 radical (unpaired) electrons. The zero-order valence-corrected chi connectivity index (χ0v) is 9.73. The third kappa shape index (κ3) is 2.84. The van der Waals surface area contributed by atoms with Crippen LogP contribution < -0.4 is 10.5 Å². The Labute approximate surface area is 89.8 Å². The van der Waals surface area contributed by atoms with Crippen LogP contribution in [0.15, 0.2) is 23.1 Å². The van der Waals surface area contributed by atoms with E-state index >= 15 is 0 Å². The quantitative estimate of drug-likeness (QED) is 0.613. The number of benzene rings is 1. The average molecular weight is 211 g/mol. The molecule has 0 heterocycles. The third-order valence-corrected chi connectivity index (χ3v) is 3.42. The molecule has 0 amide bonds. The summed E-state index contributed by atoms with van der Waals surface area (Å²) in [4.78, 5) is 1.16. The Morgan fingerprint density at radius 3 is 2.79 bits per heavy atom. The summed E-state index contributed by atoms with van der Waals surface area (Å²) in [6.07, 6.45) is 1.15. The number of rotatable bonds is 4. The number of methoxy groups -OCH3 is 1. The van der Waals surface area contributed by atoms with E-state index in [4.69, 9.17) is 10.5 Å². The first kappa shape index (κ1) is 11.2. The van der Waals surface area contributed by atoms with Crippen LogP contribution in [0.2, 0.25) is 0 Å². The minimum absolute atomic E-state index is 0.604. The van der Waals surface area contributed by atoms with E-state index in [1.807, 2.05) is 30.0 Å². The second-order valence-corrected chi connectivity index (χ2v) is 4.73. The molecular formula is C11H17NOS. The number of thioether (sulfide) groups is 1.